The van der Waals surface area contributed by atoms with Gasteiger partial charge in [0.2, 0.25) is 11.7 Å². The number of thiophene rings is 1. The van der Waals surface area contributed by atoms with Crippen LogP contribution < -0.4 is 0 Å². The molecule has 23 heavy (non-hydrogen) atoms. The van der Waals surface area contributed by atoms with Crippen LogP contribution in [0.15, 0.2) is 45.7 Å². The van der Waals surface area contributed by atoms with Crippen LogP contribution in [-0.4, -0.2) is 32.5 Å². The van der Waals surface area contributed by atoms with Gasteiger partial charge in [-0.25, -0.2) is 0 Å². The summed E-state index contributed by atoms with van der Waals surface area (Å²) in [4.78, 5) is 23.1. The molecule has 3 aromatic heterocycles. The number of aromatic nitrogens is 3. The van der Waals surface area contributed by atoms with Crippen molar-refractivity contribution in [3.63, 3.8) is 0 Å². The molecule has 116 valence electrons. The van der Waals surface area contributed by atoms with E-state index >= 15 is 0 Å². The monoisotopic (exact) mass is 326 g/mol. The van der Waals surface area contributed by atoms with E-state index in [4.69, 9.17) is 4.52 Å². The fourth-order valence-corrected chi connectivity index (χ4v) is 3.42. The Balaban J connectivity index is 1.60. The predicted molar refractivity (Wildman–Crippen MR) is 84.9 cm³/mol. The van der Waals surface area contributed by atoms with Crippen molar-refractivity contribution in [2.45, 2.75) is 18.9 Å². The van der Waals surface area contributed by atoms with Gasteiger partial charge in [0.05, 0.1) is 5.56 Å². The molecule has 1 aliphatic heterocycles. The maximum absolute atomic E-state index is 12.6. The zero-order chi connectivity index (χ0) is 15.6. The topological polar surface area (TPSA) is 72.1 Å². The molecular formula is C16H14N4O2S. The Morgan fingerprint density at radius 2 is 2.30 bits per heavy atom. The number of amides is 1. The average Bonchev–Trinajstić information content (AvgIpc) is 3.35. The average molecular weight is 326 g/mol. The summed E-state index contributed by atoms with van der Waals surface area (Å²) >= 11 is 1.52. The summed E-state index contributed by atoms with van der Waals surface area (Å²) in [5, 5.41) is 7.78. The second kappa shape index (κ2) is 5.92. The van der Waals surface area contributed by atoms with Crippen molar-refractivity contribution in [3.05, 3.63) is 52.7 Å². The van der Waals surface area contributed by atoms with Crippen LogP contribution >= 0.6 is 11.3 Å². The lowest BCUT2D eigenvalue weighted by Crippen LogP contribution is -2.30. The SMILES string of the molecule is O=C(c1ccsc1)N1CCC[C@H]1c1nc(-c2ccccn2)no1. The number of likely N-dealkylation sites (tertiary alicyclic amines) is 1. The normalized spacial score (nSPS) is 17.6. The summed E-state index contributed by atoms with van der Waals surface area (Å²) in [6, 6.07) is 7.23. The molecule has 1 amide bonds. The standard InChI is InChI=1S/C16H14N4O2S/c21-16(11-6-9-23-10-11)20-8-3-5-13(20)15-18-14(19-22-15)12-4-1-2-7-17-12/h1-2,4,6-7,9-10,13H,3,5,8H2/t13-/m0/s1. The van der Waals surface area contributed by atoms with Crippen molar-refractivity contribution >= 4 is 17.2 Å². The number of rotatable bonds is 3. The highest BCUT2D eigenvalue weighted by molar-refractivity contribution is 7.08. The van der Waals surface area contributed by atoms with Crippen LogP contribution in [0.2, 0.25) is 0 Å². The third-order valence-corrected chi connectivity index (χ3v) is 4.59. The van der Waals surface area contributed by atoms with Gasteiger partial charge < -0.3 is 9.42 Å². The Morgan fingerprint density at radius 3 is 3.09 bits per heavy atom. The number of carbonyl (C=O) groups is 1. The molecule has 1 aliphatic rings. The van der Waals surface area contributed by atoms with Crippen molar-refractivity contribution in [3.8, 4) is 11.5 Å². The molecule has 4 rings (SSSR count). The Hall–Kier alpha value is -2.54. The summed E-state index contributed by atoms with van der Waals surface area (Å²) in [5.74, 6) is 0.952. The number of carbonyl (C=O) groups excluding carboxylic acids is 1. The number of hydrogen-bond donors (Lipinski definition) is 0. The van der Waals surface area contributed by atoms with E-state index < -0.39 is 0 Å². The summed E-state index contributed by atoms with van der Waals surface area (Å²) < 4.78 is 5.41. The minimum atomic E-state index is -0.160. The molecular weight excluding hydrogens is 312 g/mol. The molecule has 1 fully saturated rings. The molecule has 0 saturated carbocycles. The van der Waals surface area contributed by atoms with E-state index in [0.717, 1.165) is 12.8 Å². The summed E-state index contributed by atoms with van der Waals surface area (Å²) in [7, 11) is 0. The van der Waals surface area contributed by atoms with Crippen LogP contribution in [0.5, 0.6) is 0 Å². The first-order chi connectivity index (χ1) is 11.3. The predicted octanol–water partition coefficient (Wildman–Crippen LogP) is 3.17. The van der Waals surface area contributed by atoms with Gasteiger partial charge in [0.1, 0.15) is 11.7 Å². The van der Waals surface area contributed by atoms with E-state index in [0.29, 0.717) is 29.5 Å². The highest BCUT2D eigenvalue weighted by Crippen LogP contribution is 2.33. The minimum Gasteiger partial charge on any atom is -0.337 e. The van der Waals surface area contributed by atoms with Crippen molar-refractivity contribution in [1.29, 1.82) is 0 Å². The van der Waals surface area contributed by atoms with Gasteiger partial charge in [-0.1, -0.05) is 11.2 Å². The largest absolute Gasteiger partial charge is 0.337 e. The highest BCUT2D eigenvalue weighted by Gasteiger charge is 2.34. The Morgan fingerprint density at radius 1 is 1.35 bits per heavy atom. The Kier molecular flexibility index (Phi) is 3.63. The van der Waals surface area contributed by atoms with Gasteiger partial charge in [-0.3, -0.25) is 9.78 Å². The van der Waals surface area contributed by atoms with E-state index in [2.05, 4.69) is 15.1 Å². The van der Waals surface area contributed by atoms with Crippen LogP contribution in [0.3, 0.4) is 0 Å². The molecule has 0 N–H and O–H groups in total. The lowest BCUT2D eigenvalue weighted by molar-refractivity contribution is 0.0710. The molecule has 0 unspecified atom stereocenters. The Bertz CT molecular complexity index is 801. The molecule has 0 bridgehead atoms. The quantitative estimate of drug-likeness (QED) is 0.739. The van der Waals surface area contributed by atoms with Gasteiger partial charge >= 0.3 is 0 Å². The molecule has 6 nitrogen and oxygen atoms in total. The van der Waals surface area contributed by atoms with Crippen LogP contribution in [-0.2, 0) is 0 Å². The van der Waals surface area contributed by atoms with Crippen molar-refractivity contribution in [1.82, 2.24) is 20.0 Å². The third kappa shape index (κ3) is 2.63. The molecule has 3 aromatic rings. The molecule has 4 heterocycles. The second-order valence-electron chi connectivity index (χ2n) is 5.34. The van der Waals surface area contributed by atoms with Crippen LogP contribution in [0, 0.1) is 0 Å². The van der Waals surface area contributed by atoms with E-state index in [1.807, 2.05) is 39.9 Å². The van der Waals surface area contributed by atoms with E-state index in [1.165, 1.54) is 11.3 Å². The molecule has 1 saturated heterocycles. The summed E-state index contributed by atoms with van der Waals surface area (Å²) in [5.41, 5.74) is 1.38. The number of nitrogens with zero attached hydrogens (tertiary/aromatic N) is 4. The van der Waals surface area contributed by atoms with Gasteiger partial charge in [0, 0.05) is 18.1 Å². The van der Waals surface area contributed by atoms with Crippen LogP contribution in [0.4, 0.5) is 0 Å². The maximum Gasteiger partial charge on any atom is 0.255 e. The van der Waals surface area contributed by atoms with Gasteiger partial charge in [0.15, 0.2) is 0 Å². The lowest BCUT2D eigenvalue weighted by Gasteiger charge is -2.21. The van der Waals surface area contributed by atoms with Crippen molar-refractivity contribution < 1.29 is 9.32 Å². The van der Waals surface area contributed by atoms with Gasteiger partial charge in [-0.2, -0.15) is 16.3 Å². The summed E-state index contributed by atoms with van der Waals surface area (Å²) in [6.45, 7) is 0.709. The molecule has 0 spiro atoms. The molecule has 0 aliphatic carbocycles. The first-order valence-electron chi connectivity index (χ1n) is 7.41. The number of hydrogen-bond acceptors (Lipinski definition) is 6. The van der Waals surface area contributed by atoms with E-state index in [1.54, 1.807) is 6.20 Å². The molecule has 0 aromatic carbocycles. The fraction of sp³-hybridized carbons (Fsp3) is 0.250. The smallest absolute Gasteiger partial charge is 0.255 e. The van der Waals surface area contributed by atoms with Gasteiger partial charge in [-0.05, 0) is 36.4 Å². The number of pyridine rings is 1. The zero-order valence-electron chi connectivity index (χ0n) is 12.3. The van der Waals surface area contributed by atoms with Gasteiger partial charge in [-0.15, -0.1) is 0 Å². The molecule has 0 radical (unpaired) electrons. The summed E-state index contributed by atoms with van der Waals surface area (Å²) in [6.07, 6.45) is 3.45. The lowest BCUT2D eigenvalue weighted by atomic mass is 10.2. The van der Waals surface area contributed by atoms with Crippen molar-refractivity contribution in [2.24, 2.45) is 0 Å². The zero-order valence-corrected chi connectivity index (χ0v) is 13.1. The van der Waals surface area contributed by atoms with E-state index in [-0.39, 0.29) is 11.9 Å². The van der Waals surface area contributed by atoms with E-state index in [9.17, 15) is 4.79 Å². The second-order valence-corrected chi connectivity index (χ2v) is 6.12. The first kappa shape index (κ1) is 14.1. The van der Waals surface area contributed by atoms with Crippen molar-refractivity contribution in [2.75, 3.05) is 6.54 Å². The fourth-order valence-electron chi connectivity index (χ4n) is 2.79. The molecule has 1 atom stereocenters. The van der Waals surface area contributed by atoms with Crippen LogP contribution in [0.25, 0.3) is 11.5 Å². The molecule has 7 heteroatoms. The minimum absolute atomic E-state index is 0.0198. The highest BCUT2D eigenvalue weighted by atomic mass is 32.1. The van der Waals surface area contributed by atoms with Gasteiger partial charge in [0.25, 0.3) is 5.91 Å². The Labute approximate surface area is 136 Å². The first-order valence-corrected chi connectivity index (χ1v) is 8.35. The third-order valence-electron chi connectivity index (χ3n) is 3.90. The van der Waals surface area contributed by atoms with Crippen LogP contribution in [0.1, 0.15) is 35.1 Å². The maximum atomic E-state index is 12.6.